The van der Waals surface area contributed by atoms with E-state index in [1.54, 1.807) is 32.0 Å². The maximum Gasteiger partial charge on any atom is 0.295 e. The quantitative estimate of drug-likeness (QED) is 0.395. The molecule has 1 aliphatic rings. The standard InChI is InChI=1S/C22H28N4O5/c1-12-17(13(2)24-23-12)20(27)18-19(15-11-14(30-5)7-8-16(15)31-6)26(10-9-25(3)4)22(29)21(18)28/h7-8,11,19,27H,9-10H2,1-6H3,(H,23,24)/t19-/m0/s1. The van der Waals surface area contributed by atoms with E-state index in [1.165, 1.54) is 19.1 Å². The zero-order valence-electron chi connectivity index (χ0n) is 18.6. The average Bonchev–Trinajstić information content (AvgIpc) is 3.21. The predicted molar refractivity (Wildman–Crippen MR) is 115 cm³/mol. The summed E-state index contributed by atoms with van der Waals surface area (Å²) >= 11 is 0. The number of aryl methyl sites for hydroxylation is 2. The number of hydrogen-bond acceptors (Lipinski definition) is 7. The fourth-order valence-corrected chi connectivity index (χ4v) is 3.83. The third kappa shape index (κ3) is 4.00. The lowest BCUT2D eigenvalue weighted by Gasteiger charge is -2.28. The number of aliphatic hydroxyl groups excluding tert-OH is 1. The first kappa shape index (κ1) is 22.4. The first-order valence-electron chi connectivity index (χ1n) is 9.88. The molecule has 1 saturated heterocycles. The van der Waals surface area contributed by atoms with Crippen LogP contribution in [0.25, 0.3) is 5.76 Å². The lowest BCUT2D eigenvalue weighted by Crippen LogP contribution is -2.35. The molecule has 166 valence electrons. The second-order valence-electron chi connectivity index (χ2n) is 7.71. The summed E-state index contributed by atoms with van der Waals surface area (Å²) in [4.78, 5) is 29.5. The minimum absolute atomic E-state index is 0.00269. The number of aliphatic hydroxyl groups is 1. The van der Waals surface area contributed by atoms with Crippen LogP contribution >= 0.6 is 0 Å². The number of carbonyl (C=O) groups excluding carboxylic acids is 2. The van der Waals surface area contributed by atoms with Gasteiger partial charge in [-0.15, -0.1) is 0 Å². The molecule has 1 aliphatic heterocycles. The Labute approximate surface area is 181 Å². The topological polar surface area (TPSA) is 108 Å². The smallest absolute Gasteiger partial charge is 0.295 e. The van der Waals surface area contributed by atoms with E-state index in [0.29, 0.717) is 47.1 Å². The largest absolute Gasteiger partial charge is 0.507 e. The number of likely N-dealkylation sites (tertiary alicyclic amines) is 1. The average molecular weight is 428 g/mol. The van der Waals surface area contributed by atoms with Crippen LogP contribution < -0.4 is 9.47 Å². The van der Waals surface area contributed by atoms with Crippen molar-refractivity contribution < 1.29 is 24.2 Å². The summed E-state index contributed by atoms with van der Waals surface area (Å²) in [6, 6.07) is 4.34. The van der Waals surface area contributed by atoms with Gasteiger partial charge in [0.1, 0.15) is 17.3 Å². The maximum atomic E-state index is 13.1. The molecule has 1 fully saturated rings. The molecular weight excluding hydrogens is 400 g/mol. The molecule has 9 heteroatoms. The number of likely N-dealkylation sites (N-methyl/N-ethyl adjacent to an activating group) is 1. The van der Waals surface area contributed by atoms with Crippen molar-refractivity contribution in [2.45, 2.75) is 19.9 Å². The molecule has 2 aromatic rings. The van der Waals surface area contributed by atoms with Crippen LogP contribution in [0.4, 0.5) is 0 Å². The lowest BCUT2D eigenvalue weighted by atomic mass is 9.94. The van der Waals surface area contributed by atoms with Crippen LogP contribution in [0.1, 0.15) is 28.6 Å². The Hall–Kier alpha value is -3.33. The number of aromatic nitrogens is 2. The number of ether oxygens (including phenoxy) is 2. The van der Waals surface area contributed by atoms with Crippen molar-refractivity contribution in [3.8, 4) is 11.5 Å². The van der Waals surface area contributed by atoms with Gasteiger partial charge >= 0.3 is 0 Å². The van der Waals surface area contributed by atoms with Gasteiger partial charge in [-0.1, -0.05) is 0 Å². The number of nitrogens with one attached hydrogen (secondary N) is 1. The van der Waals surface area contributed by atoms with E-state index < -0.39 is 17.7 Å². The van der Waals surface area contributed by atoms with Crippen LogP contribution in [0.5, 0.6) is 11.5 Å². The Morgan fingerprint density at radius 1 is 1.23 bits per heavy atom. The molecule has 0 bridgehead atoms. The lowest BCUT2D eigenvalue weighted by molar-refractivity contribution is -0.140. The molecule has 0 spiro atoms. The SMILES string of the molecule is COc1ccc(OC)c([C@H]2C(=C(O)c3c(C)n[nH]c3C)C(=O)C(=O)N2CCN(C)C)c1. The van der Waals surface area contributed by atoms with Gasteiger partial charge in [0, 0.05) is 24.3 Å². The normalized spacial score (nSPS) is 18.2. The van der Waals surface area contributed by atoms with Crippen molar-refractivity contribution in [1.29, 1.82) is 0 Å². The van der Waals surface area contributed by atoms with Gasteiger partial charge in [-0.25, -0.2) is 0 Å². The molecular formula is C22H28N4O5. The summed E-state index contributed by atoms with van der Waals surface area (Å²) in [5.41, 5.74) is 2.11. The third-order valence-electron chi connectivity index (χ3n) is 5.42. The number of Topliss-reactive ketones (excluding diaryl/α,β-unsaturated/α-hetero) is 1. The minimum Gasteiger partial charge on any atom is -0.507 e. The number of methoxy groups -OCH3 is 2. The van der Waals surface area contributed by atoms with Crippen LogP contribution in [0, 0.1) is 13.8 Å². The number of rotatable bonds is 7. The van der Waals surface area contributed by atoms with Crippen molar-refractivity contribution >= 4 is 17.4 Å². The highest BCUT2D eigenvalue weighted by Gasteiger charge is 2.47. The Morgan fingerprint density at radius 2 is 1.94 bits per heavy atom. The molecule has 2 heterocycles. The van der Waals surface area contributed by atoms with E-state index in [9.17, 15) is 14.7 Å². The number of benzene rings is 1. The van der Waals surface area contributed by atoms with E-state index in [2.05, 4.69) is 10.2 Å². The first-order chi connectivity index (χ1) is 14.7. The minimum atomic E-state index is -0.835. The second-order valence-corrected chi connectivity index (χ2v) is 7.71. The first-order valence-corrected chi connectivity index (χ1v) is 9.88. The second kappa shape index (κ2) is 8.81. The van der Waals surface area contributed by atoms with Gasteiger partial charge in [0.05, 0.1) is 37.1 Å². The van der Waals surface area contributed by atoms with Crippen LogP contribution in [0.2, 0.25) is 0 Å². The highest BCUT2D eigenvalue weighted by Crippen LogP contribution is 2.44. The van der Waals surface area contributed by atoms with E-state index >= 15 is 0 Å². The van der Waals surface area contributed by atoms with Crippen molar-refractivity contribution in [1.82, 2.24) is 20.0 Å². The number of ketones is 1. The number of H-pyrrole nitrogens is 1. The Kier molecular flexibility index (Phi) is 6.35. The number of amides is 1. The fourth-order valence-electron chi connectivity index (χ4n) is 3.83. The van der Waals surface area contributed by atoms with Gasteiger partial charge in [0.2, 0.25) is 0 Å². The molecule has 0 radical (unpaired) electrons. The van der Waals surface area contributed by atoms with Gasteiger partial charge in [-0.2, -0.15) is 5.10 Å². The van der Waals surface area contributed by atoms with E-state index in [0.717, 1.165) is 0 Å². The van der Waals surface area contributed by atoms with E-state index in [-0.39, 0.29) is 11.3 Å². The van der Waals surface area contributed by atoms with Gasteiger partial charge < -0.3 is 24.4 Å². The Bertz CT molecular complexity index is 1020. The monoisotopic (exact) mass is 428 g/mol. The van der Waals surface area contributed by atoms with Crippen molar-refractivity contribution in [3.05, 3.63) is 46.3 Å². The van der Waals surface area contributed by atoms with Crippen molar-refractivity contribution in [2.75, 3.05) is 41.4 Å². The molecule has 2 N–H and O–H groups in total. The van der Waals surface area contributed by atoms with Crippen LogP contribution in [-0.2, 0) is 9.59 Å². The fraction of sp³-hybridized carbons (Fsp3) is 0.409. The van der Waals surface area contributed by atoms with Crippen LogP contribution in [-0.4, -0.2) is 78.2 Å². The molecule has 0 aliphatic carbocycles. The van der Waals surface area contributed by atoms with E-state index in [4.69, 9.17) is 9.47 Å². The van der Waals surface area contributed by atoms with Gasteiger partial charge in [-0.3, -0.25) is 14.7 Å². The van der Waals surface area contributed by atoms with Gasteiger partial charge in [0.15, 0.2) is 0 Å². The summed E-state index contributed by atoms with van der Waals surface area (Å²) in [5.74, 6) is -0.647. The molecule has 1 aromatic carbocycles. The molecule has 1 amide bonds. The summed E-state index contributed by atoms with van der Waals surface area (Å²) in [6.45, 7) is 4.31. The van der Waals surface area contributed by atoms with Crippen LogP contribution in [0.3, 0.4) is 0 Å². The Morgan fingerprint density at radius 3 is 2.48 bits per heavy atom. The van der Waals surface area contributed by atoms with Gasteiger partial charge in [-0.05, 0) is 46.1 Å². The molecule has 0 unspecified atom stereocenters. The van der Waals surface area contributed by atoms with Crippen molar-refractivity contribution in [3.63, 3.8) is 0 Å². The number of aromatic amines is 1. The third-order valence-corrected chi connectivity index (χ3v) is 5.42. The number of hydrogen-bond donors (Lipinski definition) is 2. The van der Waals surface area contributed by atoms with Crippen molar-refractivity contribution in [2.24, 2.45) is 0 Å². The summed E-state index contributed by atoms with van der Waals surface area (Å²) in [6.07, 6.45) is 0. The number of carbonyl (C=O) groups is 2. The molecule has 0 saturated carbocycles. The van der Waals surface area contributed by atoms with E-state index in [1.807, 2.05) is 19.0 Å². The Balaban J connectivity index is 2.28. The number of nitrogens with zero attached hydrogens (tertiary/aromatic N) is 3. The summed E-state index contributed by atoms with van der Waals surface area (Å²) < 4.78 is 10.9. The zero-order valence-corrected chi connectivity index (χ0v) is 18.6. The molecule has 3 rings (SSSR count). The molecule has 1 aromatic heterocycles. The molecule has 9 nitrogen and oxygen atoms in total. The summed E-state index contributed by atoms with van der Waals surface area (Å²) in [5, 5.41) is 18.1. The maximum absolute atomic E-state index is 13.1. The molecule has 1 atom stereocenters. The highest BCUT2D eigenvalue weighted by atomic mass is 16.5. The predicted octanol–water partition coefficient (Wildman–Crippen LogP) is 2.03. The summed E-state index contributed by atoms with van der Waals surface area (Å²) in [7, 11) is 6.82. The van der Waals surface area contributed by atoms with Gasteiger partial charge in [0.25, 0.3) is 11.7 Å². The zero-order chi connectivity index (χ0) is 22.9. The highest BCUT2D eigenvalue weighted by molar-refractivity contribution is 6.46. The molecule has 31 heavy (non-hydrogen) atoms. The van der Waals surface area contributed by atoms with Crippen LogP contribution in [0.15, 0.2) is 23.8 Å².